The molecule has 0 aromatic heterocycles. The van der Waals surface area contributed by atoms with Crippen molar-refractivity contribution in [1.82, 2.24) is 0 Å². The Morgan fingerprint density at radius 2 is 2.20 bits per heavy atom. The van der Waals surface area contributed by atoms with Crippen LogP contribution in [0.5, 0.6) is 5.75 Å². The third-order valence-corrected chi connectivity index (χ3v) is 1.81. The average Bonchev–Trinajstić information content (AvgIpc) is 2.05. The smallest absolute Gasteiger partial charge is 0.210 e. The Morgan fingerprint density at radius 3 is 3.10 bits per heavy atom. The SMILES string of the molecule is [CH]1Oc2ccccc2NS1. The molecule has 3 heteroatoms. The van der Waals surface area contributed by atoms with E-state index in [-0.39, 0.29) is 0 Å². The van der Waals surface area contributed by atoms with Crippen molar-refractivity contribution < 1.29 is 4.74 Å². The van der Waals surface area contributed by atoms with E-state index in [2.05, 4.69) is 4.72 Å². The minimum atomic E-state index is 0.890. The van der Waals surface area contributed by atoms with Gasteiger partial charge in [0.05, 0.1) is 5.69 Å². The predicted molar refractivity (Wildman–Crippen MR) is 42.6 cm³/mol. The fraction of sp³-hybridized carbons (Fsp3) is 0. The Bertz CT molecular complexity index is 214. The molecule has 0 spiro atoms. The molecule has 0 unspecified atom stereocenters. The molecule has 1 aliphatic rings. The first-order valence-corrected chi connectivity index (χ1v) is 3.84. The minimum Gasteiger partial charge on any atom is -0.471 e. The van der Waals surface area contributed by atoms with Crippen LogP contribution in [0.15, 0.2) is 24.3 Å². The fourth-order valence-corrected chi connectivity index (χ4v) is 1.31. The number of rotatable bonds is 0. The van der Waals surface area contributed by atoms with Crippen molar-refractivity contribution in [3.63, 3.8) is 0 Å². The summed E-state index contributed by atoms with van der Waals surface area (Å²) in [6.07, 6.45) is 0. The number of fused-ring (bicyclic) bond motifs is 1. The van der Waals surface area contributed by atoms with Gasteiger partial charge in [-0.05, 0) is 24.1 Å². The summed E-state index contributed by atoms with van der Waals surface area (Å²) in [5.41, 5.74) is 1.04. The molecular weight excluding hydrogens is 146 g/mol. The quantitative estimate of drug-likeness (QED) is 0.576. The lowest BCUT2D eigenvalue weighted by molar-refractivity contribution is 0.456. The molecule has 2 rings (SSSR count). The summed E-state index contributed by atoms with van der Waals surface area (Å²) in [5.74, 6) is 2.56. The molecule has 1 aromatic rings. The zero-order chi connectivity index (χ0) is 6.81. The summed E-state index contributed by atoms with van der Waals surface area (Å²) >= 11 is 1.44. The van der Waals surface area contributed by atoms with Gasteiger partial charge in [0, 0.05) is 0 Å². The maximum atomic E-state index is 5.20. The molecule has 0 atom stereocenters. The summed E-state index contributed by atoms with van der Waals surface area (Å²) in [4.78, 5) is 0. The zero-order valence-electron chi connectivity index (χ0n) is 5.20. The summed E-state index contributed by atoms with van der Waals surface area (Å²) < 4.78 is 8.30. The number of anilines is 1. The van der Waals surface area contributed by atoms with Crippen molar-refractivity contribution in [2.75, 3.05) is 4.72 Å². The van der Waals surface area contributed by atoms with Crippen molar-refractivity contribution in [2.24, 2.45) is 0 Å². The molecular formula is C7H6NOS. The van der Waals surface area contributed by atoms with E-state index in [1.807, 2.05) is 24.3 Å². The highest BCUT2D eigenvalue weighted by atomic mass is 32.2. The molecule has 1 aliphatic heterocycles. The fourth-order valence-electron chi connectivity index (χ4n) is 0.817. The number of ether oxygens (including phenoxy) is 1. The maximum absolute atomic E-state index is 5.20. The van der Waals surface area contributed by atoms with Crippen LogP contribution in [0.2, 0.25) is 0 Å². The Labute approximate surface area is 63.7 Å². The summed E-state index contributed by atoms with van der Waals surface area (Å²) in [6, 6.07) is 7.83. The van der Waals surface area contributed by atoms with Crippen LogP contribution in [-0.4, -0.2) is 0 Å². The molecule has 10 heavy (non-hydrogen) atoms. The van der Waals surface area contributed by atoms with Gasteiger partial charge in [-0.3, -0.25) is 0 Å². The molecule has 0 amide bonds. The number of nitrogens with one attached hydrogen (secondary N) is 1. The van der Waals surface area contributed by atoms with Crippen molar-refractivity contribution >= 4 is 17.6 Å². The number of para-hydroxylation sites is 2. The zero-order valence-corrected chi connectivity index (χ0v) is 6.02. The van der Waals surface area contributed by atoms with Crippen LogP contribution in [-0.2, 0) is 0 Å². The highest BCUT2D eigenvalue weighted by Gasteiger charge is 2.07. The van der Waals surface area contributed by atoms with Crippen LogP contribution in [0.1, 0.15) is 0 Å². The van der Waals surface area contributed by atoms with Gasteiger partial charge < -0.3 is 9.46 Å². The first-order chi connectivity index (χ1) is 4.97. The van der Waals surface area contributed by atoms with E-state index >= 15 is 0 Å². The van der Waals surface area contributed by atoms with E-state index in [9.17, 15) is 0 Å². The van der Waals surface area contributed by atoms with Crippen LogP contribution in [0.3, 0.4) is 0 Å². The first kappa shape index (κ1) is 5.92. The van der Waals surface area contributed by atoms with Crippen LogP contribution in [0.25, 0.3) is 0 Å². The molecule has 1 radical (unpaired) electrons. The van der Waals surface area contributed by atoms with E-state index in [1.54, 1.807) is 5.94 Å². The maximum Gasteiger partial charge on any atom is 0.210 e. The molecule has 2 nitrogen and oxygen atoms in total. The summed E-state index contributed by atoms with van der Waals surface area (Å²) in [7, 11) is 0. The van der Waals surface area contributed by atoms with Gasteiger partial charge in [-0.1, -0.05) is 12.1 Å². The van der Waals surface area contributed by atoms with E-state index < -0.39 is 0 Å². The van der Waals surface area contributed by atoms with Gasteiger partial charge >= 0.3 is 0 Å². The van der Waals surface area contributed by atoms with Crippen LogP contribution in [0.4, 0.5) is 5.69 Å². The number of benzene rings is 1. The molecule has 0 fully saturated rings. The van der Waals surface area contributed by atoms with Crippen LogP contribution >= 0.6 is 11.9 Å². The molecule has 51 valence electrons. The summed E-state index contributed by atoms with van der Waals surface area (Å²) in [6.45, 7) is 0. The van der Waals surface area contributed by atoms with Crippen molar-refractivity contribution in [1.29, 1.82) is 0 Å². The summed E-state index contributed by atoms with van der Waals surface area (Å²) in [5, 5.41) is 0. The lowest BCUT2D eigenvalue weighted by Crippen LogP contribution is -2.00. The van der Waals surface area contributed by atoms with Gasteiger partial charge in [-0.15, -0.1) is 0 Å². The highest BCUT2D eigenvalue weighted by molar-refractivity contribution is 8.02. The van der Waals surface area contributed by atoms with Gasteiger partial charge in [0.2, 0.25) is 5.94 Å². The average molecular weight is 152 g/mol. The van der Waals surface area contributed by atoms with E-state index in [0.717, 1.165) is 11.4 Å². The van der Waals surface area contributed by atoms with Crippen LogP contribution in [0, 0.1) is 5.94 Å². The molecule has 0 saturated carbocycles. The molecule has 0 saturated heterocycles. The predicted octanol–water partition coefficient (Wildman–Crippen LogP) is 2.26. The Hall–Kier alpha value is -0.830. The van der Waals surface area contributed by atoms with E-state index in [4.69, 9.17) is 4.74 Å². The first-order valence-electron chi connectivity index (χ1n) is 2.96. The van der Waals surface area contributed by atoms with Gasteiger partial charge in [0.15, 0.2) is 0 Å². The van der Waals surface area contributed by atoms with Crippen molar-refractivity contribution in [3.8, 4) is 5.75 Å². The largest absolute Gasteiger partial charge is 0.471 e. The lowest BCUT2D eigenvalue weighted by Gasteiger charge is -2.15. The van der Waals surface area contributed by atoms with E-state index in [1.165, 1.54) is 11.9 Å². The van der Waals surface area contributed by atoms with Crippen LogP contribution < -0.4 is 9.46 Å². The lowest BCUT2D eigenvalue weighted by atomic mass is 10.3. The van der Waals surface area contributed by atoms with Crippen molar-refractivity contribution in [2.45, 2.75) is 0 Å². The third-order valence-electron chi connectivity index (χ3n) is 1.28. The molecule has 1 N–H and O–H groups in total. The second kappa shape index (κ2) is 2.42. The Morgan fingerprint density at radius 1 is 1.30 bits per heavy atom. The van der Waals surface area contributed by atoms with E-state index in [0.29, 0.717) is 0 Å². The topological polar surface area (TPSA) is 21.3 Å². The molecule has 0 bridgehead atoms. The normalized spacial score (nSPS) is 14.8. The highest BCUT2D eigenvalue weighted by Crippen LogP contribution is 2.32. The van der Waals surface area contributed by atoms with Gasteiger partial charge in [0.1, 0.15) is 5.75 Å². The van der Waals surface area contributed by atoms with Gasteiger partial charge in [-0.25, -0.2) is 0 Å². The molecule has 1 aromatic carbocycles. The molecule has 1 heterocycles. The third kappa shape index (κ3) is 0.926. The molecule has 0 aliphatic carbocycles. The Kier molecular flexibility index (Phi) is 1.43. The Balaban J connectivity index is 2.41. The number of hydrogen-bond donors (Lipinski definition) is 1. The van der Waals surface area contributed by atoms with Gasteiger partial charge in [0.25, 0.3) is 0 Å². The van der Waals surface area contributed by atoms with Gasteiger partial charge in [-0.2, -0.15) is 0 Å². The van der Waals surface area contributed by atoms with Crippen molar-refractivity contribution in [3.05, 3.63) is 30.2 Å². The second-order valence-corrected chi connectivity index (χ2v) is 2.56. The second-order valence-electron chi connectivity index (χ2n) is 1.93. The standard InChI is InChI=1S/C7H6NOS/c1-2-4-7-6(3-1)8-10-5-9-7/h1-5,8H. The number of hydrogen-bond acceptors (Lipinski definition) is 3. The monoisotopic (exact) mass is 152 g/mol. The minimum absolute atomic E-state index is 0.890.